The van der Waals surface area contributed by atoms with E-state index in [2.05, 4.69) is 5.32 Å². The minimum atomic E-state index is -0.647. The van der Waals surface area contributed by atoms with E-state index in [-0.39, 0.29) is 11.8 Å². The molecule has 0 spiro atoms. The van der Waals surface area contributed by atoms with E-state index in [0.29, 0.717) is 12.0 Å². The van der Waals surface area contributed by atoms with Crippen LogP contribution in [0.5, 0.6) is 0 Å². The second-order valence-electron chi connectivity index (χ2n) is 6.09. The molecule has 0 unspecified atom stereocenters. The molecule has 0 fully saturated rings. The van der Waals surface area contributed by atoms with E-state index in [1.165, 1.54) is 7.11 Å². The summed E-state index contributed by atoms with van der Waals surface area (Å²) >= 11 is 0. The molecule has 24 heavy (non-hydrogen) atoms. The Bertz CT molecular complexity index is 695. The Balaban J connectivity index is 2.28. The van der Waals surface area contributed by atoms with Crippen LogP contribution in [0.4, 0.5) is 0 Å². The molecule has 2 rings (SSSR count). The average Bonchev–Trinajstić information content (AvgIpc) is 2.60. The fourth-order valence-corrected chi connectivity index (χ4v) is 2.61. The first kappa shape index (κ1) is 17.7. The lowest BCUT2D eigenvalue weighted by Crippen LogP contribution is -2.42. The van der Waals surface area contributed by atoms with Crippen LogP contribution in [0.2, 0.25) is 0 Å². The summed E-state index contributed by atoms with van der Waals surface area (Å²) in [5, 5.41) is 2.81. The summed E-state index contributed by atoms with van der Waals surface area (Å²) in [5.41, 5.74) is 2.34. The molecule has 0 saturated carbocycles. The van der Waals surface area contributed by atoms with Gasteiger partial charge in [0.15, 0.2) is 0 Å². The molecule has 0 aromatic heterocycles. The zero-order valence-electron chi connectivity index (χ0n) is 14.3. The minimum Gasteiger partial charge on any atom is -0.467 e. The van der Waals surface area contributed by atoms with Crippen LogP contribution in [0.3, 0.4) is 0 Å². The number of methoxy groups -OCH3 is 1. The van der Waals surface area contributed by atoms with Gasteiger partial charge in [0.05, 0.1) is 7.11 Å². The van der Waals surface area contributed by atoms with E-state index in [1.54, 1.807) is 6.07 Å². The topological polar surface area (TPSA) is 55.4 Å². The number of carbonyl (C=O) groups excluding carboxylic acids is 2. The summed E-state index contributed by atoms with van der Waals surface area (Å²) in [6.07, 6.45) is 0.534. The van der Waals surface area contributed by atoms with E-state index in [1.807, 2.05) is 62.4 Å². The van der Waals surface area contributed by atoms with Crippen LogP contribution in [0.25, 0.3) is 11.1 Å². The van der Waals surface area contributed by atoms with Gasteiger partial charge in [0, 0.05) is 5.56 Å². The van der Waals surface area contributed by atoms with Gasteiger partial charge in [0.1, 0.15) is 6.04 Å². The van der Waals surface area contributed by atoms with Crippen LogP contribution in [-0.2, 0) is 9.53 Å². The maximum Gasteiger partial charge on any atom is 0.328 e. The molecule has 0 aliphatic heterocycles. The Kier molecular flexibility index (Phi) is 6.13. The Morgan fingerprint density at radius 1 is 1.00 bits per heavy atom. The Morgan fingerprint density at radius 2 is 1.62 bits per heavy atom. The summed E-state index contributed by atoms with van der Waals surface area (Å²) in [5.74, 6) is -0.432. The Hall–Kier alpha value is -2.62. The molecule has 4 heteroatoms. The van der Waals surface area contributed by atoms with Crippen molar-refractivity contribution < 1.29 is 14.3 Å². The predicted octanol–water partition coefficient (Wildman–Crippen LogP) is 3.67. The summed E-state index contributed by atoms with van der Waals surface area (Å²) in [4.78, 5) is 24.7. The van der Waals surface area contributed by atoms with Gasteiger partial charge < -0.3 is 10.1 Å². The van der Waals surface area contributed by atoms with Gasteiger partial charge in [-0.25, -0.2) is 4.79 Å². The van der Waals surface area contributed by atoms with Crippen molar-refractivity contribution in [1.82, 2.24) is 5.32 Å². The zero-order chi connectivity index (χ0) is 17.5. The van der Waals surface area contributed by atoms with Gasteiger partial charge in [-0.15, -0.1) is 0 Å². The maximum absolute atomic E-state index is 12.7. The fourth-order valence-electron chi connectivity index (χ4n) is 2.61. The molecule has 0 aliphatic carbocycles. The first-order valence-corrected chi connectivity index (χ1v) is 8.06. The number of nitrogens with one attached hydrogen (secondary N) is 1. The number of ether oxygens (including phenoxy) is 1. The van der Waals surface area contributed by atoms with Crippen molar-refractivity contribution >= 4 is 11.9 Å². The molecule has 0 bridgehead atoms. The molecule has 1 atom stereocenters. The molecule has 4 nitrogen and oxygen atoms in total. The summed E-state index contributed by atoms with van der Waals surface area (Å²) in [6, 6.07) is 16.4. The molecular weight excluding hydrogens is 302 g/mol. The third kappa shape index (κ3) is 4.44. The van der Waals surface area contributed by atoms with Gasteiger partial charge in [-0.2, -0.15) is 0 Å². The molecular formula is C20H23NO3. The molecule has 0 aliphatic rings. The highest BCUT2D eigenvalue weighted by molar-refractivity contribution is 6.02. The van der Waals surface area contributed by atoms with Crippen molar-refractivity contribution in [3.63, 3.8) is 0 Å². The highest BCUT2D eigenvalue weighted by atomic mass is 16.5. The lowest BCUT2D eigenvalue weighted by atomic mass is 9.98. The molecule has 0 radical (unpaired) electrons. The third-order valence-electron chi connectivity index (χ3n) is 3.75. The zero-order valence-corrected chi connectivity index (χ0v) is 14.3. The smallest absolute Gasteiger partial charge is 0.328 e. The van der Waals surface area contributed by atoms with Gasteiger partial charge >= 0.3 is 5.97 Å². The standard InChI is InChI=1S/C20H23NO3/c1-14(2)13-18(20(23)24-3)21-19(22)17-12-8-7-11-16(17)15-9-5-4-6-10-15/h4-12,14,18H,13H2,1-3H3,(H,21,22)/t18-/m0/s1. The maximum atomic E-state index is 12.7. The first-order chi connectivity index (χ1) is 11.5. The summed E-state index contributed by atoms with van der Waals surface area (Å²) in [7, 11) is 1.33. The van der Waals surface area contributed by atoms with Crippen LogP contribution >= 0.6 is 0 Å². The second kappa shape index (κ2) is 8.29. The van der Waals surface area contributed by atoms with E-state index in [9.17, 15) is 9.59 Å². The van der Waals surface area contributed by atoms with Crippen molar-refractivity contribution in [2.75, 3.05) is 7.11 Å². The monoisotopic (exact) mass is 325 g/mol. The molecule has 1 amide bonds. The van der Waals surface area contributed by atoms with Crippen molar-refractivity contribution in [1.29, 1.82) is 0 Å². The third-order valence-corrected chi connectivity index (χ3v) is 3.75. The normalized spacial score (nSPS) is 11.8. The lowest BCUT2D eigenvalue weighted by molar-refractivity contribution is -0.143. The summed E-state index contributed by atoms with van der Waals surface area (Å²) < 4.78 is 4.81. The van der Waals surface area contributed by atoms with E-state index in [4.69, 9.17) is 4.74 Å². The van der Waals surface area contributed by atoms with Crippen molar-refractivity contribution in [3.8, 4) is 11.1 Å². The number of hydrogen-bond acceptors (Lipinski definition) is 3. The molecule has 2 aromatic carbocycles. The molecule has 1 N–H and O–H groups in total. The number of rotatable bonds is 6. The van der Waals surface area contributed by atoms with Gasteiger partial charge in [-0.3, -0.25) is 4.79 Å². The first-order valence-electron chi connectivity index (χ1n) is 8.06. The van der Waals surface area contributed by atoms with E-state index < -0.39 is 12.0 Å². The molecule has 0 heterocycles. The Labute approximate surface area is 142 Å². The van der Waals surface area contributed by atoms with E-state index in [0.717, 1.165) is 11.1 Å². The van der Waals surface area contributed by atoms with Crippen LogP contribution in [0, 0.1) is 5.92 Å². The number of esters is 1. The van der Waals surface area contributed by atoms with Gasteiger partial charge in [-0.05, 0) is 29.5 Å². The highest BCUT2D eigenvalue weighted by Gasteiger charge is 2.24. The fraction of sp³-hybridized carbons (Fsp3) is 0.300. The summed E-state index contributed by atoms with van der Waals surface area (Å²) in [6.45, 7) is 4.00. The number of amides is 1. The van der Waals surface area contributed by atoms with Crippen LogP contribution in [0.1, 0.15) is 30.6 Å². The van der Waals surface area contributed by atoms with Gasteiger partial charge in [0.2, 0.25) is 0 Å². The largest absolute Gasteiger partial charge is 0.467 e. The number of hydrogen-bond donors (Lipinski definition) is 1. The predicted molar refractivity (Wildman–Crippen MR) is 94.6 cm³/mol. The quantitative estimate of drug-likeness (QED) is 0.825. The van der Waals surface area contributed by atoms with Gasteiger partial charge in [0.25, 0.3) is 5.91 Å². The number of carbonyl (C=O) groups is 2. The minimum absolute atomic E-state index is 0.263. The number of benzene rings is 2. The van der Waals surface area contributed by atoms with Crippen LogP contribution < -0.4 is 5.32 Å². The highest BCUT2D eigenvalue weighted by Crippen LogP contribution is 2.23. The van der Waals surface area contributed by atoms with E-state index >= 15 is 0 Å². The van der Waals surface area contributed by atoms with Crippen molar-refractivity contribution in [2.24, 2.45) is 5.92 Å². The molecule has 2 aromatic rings. The SMILES string of the molecule is COC(=O)[C@H](CC(C)C)NC(=O)c1ccccc1-c1ccccc1. The van der Waals surface area contributed by atoms with Gasteiger partial charge in [-0.1, -0.05) is 62.4 Å². The average molecular weight is 325 g/mol. The lowest BCUT2D eigenvalue weighted by Gasteiger charge is -2.19. The molecule has 126 valence electrons. The van der Waals surface area contributed by atoms with Crippen molar-refractivity contribution in [2.45, 2.75) is 26.3 Å². The molecule has 0 saturated heterocycles. The Morgan fingerprint density at radius 3 is 2.25 bits per heavy atom. The van der Waals surface area contributed by atoms with Crippen LogP contribution in [0.15, 0.2) is 54.6 Å². The second-order valence-corrected chi connectivity index (χ2v) is 6.09. The van der Waals surface area contributed by atoms with Crippen LogP contribution in [-0.4, -0.2) is 25.0 Å². The van der Waals surface area contributed by atoms with Crippen molar-refractivity contribution in [3.05, 3.63) is 60.2 Å².